The summed E-state index contributed by atoms with van der Waals surface area (Å²) in [6, 6.07) is 16.2. The Labute approximate surface area is 136 Å². The Bertz CT molecular complexity index is 768. The second-order valence-electron chi connectivity index (χ2n) is 6.31. The van der Waals surface area contributed by atoms with E-state index < -0.39 is 0 Å². The van der Waals surface area contributed by atoms with Crippen LogP contribution >= 0.6 is 0 Å². The van der Waals surface area contributed by atoms with Crippen LogP contribution in [0.3, 0.4) is 0 Å². The molecular weight excluding hydrogens is 284 g/mol. The Balaban J connectivity index is 1.57. The van der Waals surface area contributed by atoms with Gasteiger partial charge in [-0.1, -0.05) is 36.4 Å². The second-order valence-corrected chi connectivity index (χ2v) is 6.31. The summed E-state index contributed by atoms with van der Waals surface area (Å²) in [6.45, 7) is 4.31. The number of hydrogen-bond donors (Lipinski definition) is 0. The smallest absolute Gasteiger partial charge is 0.194 e. The molecule has 3 nitrogen and oxygen atoms in total. The number of Topliss-reactive ketones (excluding diaryl/α,β-unsaturated/α-hetero) is 1. The van der Waals surface area contributed by atoms with Crippen molar-refractivity contribution in [3.63, 3.8) is 0 Å². The summed E-state index contributed by atoms with van der Waals surface area (Å²) in [4.78, 5) is 17.3. The average Bonchev–Trinajstić information content (AvgIpc) is 2.93. The third kappa shape index (κ3) is 2.57. The molecule has 0 unspecified atom stereocenters. The molecule has 1 fully saturated rings. The number of nitrogens with zero attached hydrogens (tertiary/aromatic N) is 2. The van der Waals surface area contributed by atoms with Crippen molar-refractivity contribution in [1.29, 1.82) is 0 Å². The molecule has 4 rings (SSSR count). The molecule has 116 valence electrons. The van der Waals surface area contributed by atoms with Crippen LogP contribution < -0.4 is 4.90 Å². The van der Waals surface area contributed by atoms with E-state index in [2.05, 4.69) is 41.1 Å². The fraction of sp³-hybridized carbons (Fsp3) is 0.250. The molecule has 2 aromatic carbocycles. The number of rotatable bonds is 2. The Morgan fingerprint density at radius 1 is 0.870 bits per heavy atom. The SMILES string of the molecule is CN1CCN(c2ccc(C3=Cc4ccccc4C3=O)cc2)CC1. The van der Waals surface area contributed by atoms with E-state index in [1.54, 1.807) is 0 Å². The minimum absolute atomic E-state index is 0.132. The maximum Gasteiger partial charge on any atom is 0.194 e. The molecule has 1 aliphatic carbocycles. The fourth-order valence-electron chi connectivity index (χ4n) is 3.33. The molecule has 2 aromatic rings. The normalized spacial score (nSPS) is 18.0. The Kier molecular flexibility index (Phi) is 3.50. The van der Waals surface area contributed by atoms with Gasteiger partial charge in [0.25, 0.3) is 0 Å². The predicted octanol–water partition coefficient (Wildman–Crippen LogP) is 3.18. The van der Waals surface area contributed by atoms with Gasteiger partial charge in [0.2, 0.25) is 0 Å². The van der Waals surface area contributed by atoms with Gasteiger partial charge in [0, 0.05) is 43.0 Å². The van der Waals surface area contributed by atoms with E-state index in [4.69, 9.17) is 0 Å². The highest BCUT2D eigenvalue weighted by Gasteiger charge is 2.23. The van der Waals surface area contributed by atoms with Crippen LogP contribution in [0.15, 0.2) is 48.5 Å². The number of ketones is 1. The first-order valence-corrected chi connectivity index (χ1v) is 8.12. The number of carbonyl (C=O) groups is 1. The highest BCUT2D eigenvalue weighted by Crippen LogP contribution is 2.32. The number of fused-ring (bicyclic) bond motifs is 1. The van der Waals surface area contributed by atoms with Crippen molar-refractivity contribution in [2.24, 2.45) is 0 Å². The number of carbonyl (C=O) groups excluding carboxylic acids is 1. The lowest BCUT2D eigenvalue weighted by atomic mass is 10.0. The standard InChI is InChI=1S/C20H20N2O/c1-21-10-12-22(13-11-21)17-8-6-15(7-9-17)19-14-16-4-2-3-5-18(16)20(19)23/h2-9,14H,10-13H2,1H3. The van der Waals surface area contributed by atoms with Crippen molar-refractivity contribution in [3.05, 3.63) is 65.2 Å². The Hall–Kier alpha value is -2.39. The molecule has 0 bridgehead atoms. The van der Waals surface area contributed by atoms with Crippen LogP contribution in [0, 0.1) is 0 Å². The number of hydrogen-bond acceptors (Lipinski definition) is 3. The lowest BCUT2D eigenvalue weighted by molar-refractivity contribution is 0.105. The minimum atomic E-state index is 0.132. The van der Waals surface area contributed by atoms with Gasteiger partial charge in [-0.25, -0.2) is 0 Å². The summed E-state index contributed by atoms with van der Waals surface area (Å²) in [5, 5.41) is 0. The van der Waals surface area contributed by atoms with Crippen molar-refractivity contribution in [2.75, 3.05) is 38.1 Å². The van der Waals surface area contributed by atoms with E-state index >= 15 is 0 Å². The quantitative estimate of drug-likeness (QED) is 0.851. The third-order valence-corrected chi connectivity index (χ3v) is 4.80. The lowest BCUT2D eigenvalue weighted by Gasteiger charge is -2.34. The number of benzene rings is 2. The van der Waals surface area contributed by atoms with Crippen molar-refractivity contribution in [3.8, 4) is 0 Å². The molecule has 23 heavy (non-hydrogen) atoms. The van der Waals surface area contributed by atoms with E-state index in [1.165, 1.54) is 5.69 Å². The first kappa shape index (κ1) is 14.2. The number of anilines is 1. The van der Waals surface area contributed by atoms with Gasteiger partial charge in [0.05, 0.1) is 0 Å². The number of likely N-dealkylation sites (N-methyl/N-ethyl adjacent to an activating group) is 1. The van der Waals surface area contributed by atoms with Crippen LogP contribution in [-0.2, 0) is 0 Å². The van der Waals surface area contributed by atoms with Crippen LogP contribution in [0.5, 0.6) is 0 Å². The molecule has 0 aromatic heterocycles. The summed E-state index contributed by atoms with van der Waals surface area (Å²) in [5.74, 6) is 0.132. The molecule has 1 aliphatic heterocycles. The van der Waals surface area contributed by atoms with Crippen LogP contribution in [-0.4, -0.2) is 43.9 Å². The predicted molar refractivity (Wildman–Crippen MR) is 94.8 cm³/mol. The Morgan fingerprint density at radius 2 is 1.57 bits per heavy atom. The maximum absolute atomic E-state index is 12.5. The third-order valence-electron chi connectivity index (χ3n) is 4.80. The summed E-state index contributed by atoms with van der Waals surface area (Å²) in [5.41, 5.74) is 4.88. The molecule has 0 saturated carbocycles. The molecule has 0 atom stereocenters. The highest BCUT2D eigenvalue weighted by atomic mass is 16.1. The topological polar surface area (TPSA) is 23.6 Å². The van der Waals surface area contributed by atoms with Crippen molar-refractivity contribution in [1.82, 2.24) is 4.90 Å². The average molecular weight is 304 g/mol. The van der Waals surface area contributed by atoms with E-state index in [-0.39, 0.29) is 5.78 Å². The van der Waals surface area contributed by atoms with Crippen molar-refractivity contribution < 1.29 is 4.79 Å². The first-order valence-electron chi connectivity index (χ1n) is 8.12. The molecule has 0 amide bonds. The molecule has 1 saturated heterocycles. The zero-order valence-corrected chi connectivity index (χ0v) is 13.3. The number of piperazine rings is 1. The summed E-state index contributed by atoms with van der Waals surface area (Å²) in [7, 11) is 2.16. The van der Waals surface area contributed by atoms with Gasteiger partial charge in [0.15, 0.2) is 5.78 Å². The van der Waals surface area contributed by atoms with Gasteiger partial charge < -0.3 is 9.80 Å². The molecule has 0 radical (unpaired) electrons. The molecular formula is C20H20N2O. The minimum Gasteiger partial charge on any atom is -0.369 e. The molecule has 1 heterocycles. The monoisotopic (exact) mass is 304 g/mol. The molecule has 3 heteroatoms. The fourth-order valence-corrected chi connectivity index (χ4v) is 3.33. The van der Waals surface area contributed by atoms with Gasteiger partial charge in [-0.2, -0.15) is 0 Å². The largest absolute Gasteiger partial charge is 0.369 e. The van der Waals surface area contributed by atoms with E-state index in [0.29, 0.717) is 0 Å². The molecule has 0 N–H and O–H groups in total. The van der Waals surface area contributed by atoms with Crippen LogP contribution in [0.25, 0.3) is 11.6 Å². The van der Waals surface area contributed by atoms with E-state index in [1.807, 2.05) is 30.3 Å². The molecule has 2 aliphatic rings. The second kappa shape index (κ2) is 5.67. The van der Waals surface area contributed by atoms with Gasteiger partial charge in [-0.05, 0) is 36.4 Å². The van der Waals surface area contributed by atoms with E-state index in [0.717, 1.165) is 48.4 Å². The van der Waals surface area contributed by atoms with Crippen LogP contribution in [0.2, 0.25) is 0 Å². The van der Waals surface area contributed by atoms with Crippen LogP contribution in [0.1, 0.15) is 21.5 Å². The van der Waals surface area contributed by atoms with Gasteiger partial charge >= 0.3 is 0 Å². The number of allylic oxidation sites excluding steroid dienone is 1. The highest BCUT2D eigenvalue weighted by molar-refractivity contribution is 6.37. The summed E-state index contributed by atoms with van der Waals surface area (Å²) in [6.07, 6.45) is 2.00. The van der Waals surface area contributed by atoms with Gasteiger partial charge in [-0.3, -0.25) is 4.79 Å². The summed E-state index contributed by atoms with van der Waals surface area (Å²) < 4.78 is 0. The zero-order valence-electron chi connectivity index (χ0n) is 13.3. The lowest BCUT2D eigenvalue weighted by Crippen LogP contribution is -2.44. The first-order chi connectivity index (χ1) is 11.2. The van der Waals surface area contributed by atoms with E-state index in [9.17, 15) is 4.79 Å². The van der Waals surface area contributed by atoms with Gasteiger partial charge in [-0.15, -0.1) is 0 Å². The Morgan fingerprint density at radius 3 is 2.26 bits per heavy atom. The van der Waals surface area contributed by atoms with Crippen molar-refractivity contribution >= 4 is 23.1 Å². The maximum atomic E-state index is 12.5. The zero-order chi connectivity index (χ0) is 15.8. The van der Waals surface area contributed by atoms with Crippen LogP contribution in [0.4, 0.5) is 5.69 Å². The summed E-state index contributed by atoms with van der Waals surface area (Å²) >= 11 is 0. The molecule has 0 spiro atoms. The van der Waals surface area contributed by atoms with Gasteiger partial charge in [0.1, 0.15) is 0 Å². The van der Waals surface area contributed by atoms with Crippen molar-refractivity contribution in [2.45, 2.75) is 0 Å².